The molecule has 2 aromatic rings. The highest BCUT2D eigenvalue weighted by Crippen LogP contribution is 2.23. The summed E-state index contributed by atoms with van der Waals surface area (Å²) in [6, 6.07) is 5.02. The van der Waals surface area contributed by atoms with Crippen LogP contribution in [0.2, 0.25) is 0 Å². The molecular formula is C14H14FN5OS. The lowest BCUT2D eigenvalue weighted by molar-refractivity contribution is 0.122. The first-order valence-corrected chi connectivity index (χ1v) is 7.26. The topological polar surface area (TPSA) is 55.5 Å². The Morgan fingerprint density at radius 2 is 2.18 bits per heavy atom. The van der Waals surface area contributed by atoms with E-state index in [1.165, 1.54) is 10.7 Å². The van der Waals surface area contributed by atoms with Crippen molar-refractivity contribution in [2.24, 2.45) is 4.99 Å². The average Bonchev–Trinajstić information content (AvgIpc) is 3.02. The summed E-state index contributed by atoms with van der Waals surface area (Å²) < 4.78 is 21.1. The number of hydrogen-bond donors (Lipinski definition) is 0. The number of aliphatic imine (C=N–C) groups is 1. The van der Waals surface area contributed by atoms with E-state index in [2.05, 4.69) is 32.7 Å². The maximum Gasteiger partial charge on any atom is 0.148 e. The van der Waals surface area contributed by atoms with Crippen LogP contribution in [0.5, 0.6) is 0 Å². The smallest absolute Gasteiger partial charge is 0.148 e. The SMILES string of the molecule is Fc1cc(-n2cc(CN=C=S)nn2)ccc1N1CCOCC1. The normalized spacial score (nSPS) is 14.7. The van der Waals surface area contributed by atoms with Crippen LogP contribution >= 0.6 is 12.2 Å². The van der Waals surface area contributed by atoms with Crippen LogP contribution in [-0.2, 0) is 11.3 Å². The molecular weight excluding hydrogens is 305 g/mol. The van der Waals surface area contributed by atoms with E-state index in [0.29, 0.717) is 49.9 Å². The number of thiocarbonyl (C=S) groups is 1. The number of nitrogens with zero attached hydrogens (tertiary/aromatic N) is 5. The van der Waals surface area contributed by atoms with Gasteiger partial charge in [0.1, 0.15) is 11.5 Å². The molecule has 3 rings (SSSR count). The maximum atomic E-state index is 14.3. The van der Waals surface area contributed by atoms with Gasteiger partial charge in [0.15, 0.2) is 0 Å². The van der Waals surface area contributed by atoms with Gasteiger partial charge >= 0.3 is 0 Å². The first-order valence-electron chi connectivity index (χ1n) is 6.85. The number of benzene rings is 1. The third-order valence-corrected chi connectivity index (χ3v) is 3.52. The molecule has 0 atom stereocenters. The summed E-state index contributed by atoms with van der Waals surface area (Å²) in [6.07, 6.45) is 1.69. The molecule has 114 valence electrons. The first kappa shape index (κ1) is 14.8. The van der Waals surface area contributed by atoms with Gasteiger partial charge in [0.25, 0.3) is 0 Å². The molecule has 0 saturated carbocycles. The number of anilines is 1. The molecule has 0 radical (unpaired) electrons. The van der Waals surface area contributed by atoms with Crippen LogP contribution in [0, 0.1) is 5.82 Å². The second-order valence-corrected chi connectivity index (χ2v) is 4.98. The molecule has 1 fully saturated rings. The van der Waals surface area contributed by atoms with Crippen molar-refractivity contribution < 1.29 is 9.13 Å². The minimum absolute atomic E-state index is 0.284. The van der Waals surface area contributed by atoms with Crippen molar-refractivity contribution >= 4 is 23.1 Å². The van der Waals surface area contributed by atoms with Crippen molar-refractivity contribution in [3.63, 3.8) is 0 Å². The van der Waals surface area contributed by atoms with E-state index in [1.54, 1.807) is 12.3 Å². The Hall–Kier alpha value is -2.15. The largest absolute Gasteiger partial charge is 0.378 e. The van der Waals surface area contributed by atoms with Gasteiger partial charge in [-0.05, 0) is 24.4 Å². The van der Waals surface area contributed by atoms with Gasteiger partial charge in [0.2, 0.25) is 0 Å². The highest BCUT2D eigenvalue weighted by molar-refractivity contribution is 7.78. The summed E-state index contributed by atoms with van der Waals surface area (Å²) in [7, 11) is 0. The van der Waals surface area contributed by atoms with E-state index < -0.39 is 0 Å². The van der Waals surface area contributed by atoms with Gasteiger partial charge in [0, 0.05) is 19.2 Å². The zero-order chi connectivity index (χ0) is 15.4. The summed E-state index contributed by atoms with van der Waals surface area (Å²) in [4.78, 5) is 5.77. The van der Waals surface area contributed by atoms with Gasteiger partial charge in [-0.3, -0.25) is 0 Å². The van der Waals surface area contributed by atoms with Crippen LogP contribution in [0.4, 0.5) is 10.1 Å². The van der Waals surface area contributed by atoms with Gasteiger partial charge in [0.05, 0.1) is 42.5 Å². The molecule has 1 aromatic carbocycles. The average molecular weight is 319 g/mol. The Bertz CT molecular complexity index is 707. The number of isothiocyanates is 1. The Labute approximate surface area is 132 Å². The highest BCUT2D eigenvalue weighted by Gasteiger charge is 2.16. The van der Waals surface area contributed by atoms with Crippen LogP contribution < -0.4 is 4.90 Å². The predicted octanol–water partition coefficient (Wildman–Crippen LogP) is 1.85. The summed E-state index contributed by atoms with van der Waals surface area (Å²) in [5.41, 5.74) is 1.84. The van der Waals surface area contributed by atoms with E-state index >= 15 is 0 Å². The number of morpholine rings is 1. The third kappa shape index (κ3) is 3.19. The molecule has 2 heterocycles. The van der Waals surface area contributed by atoms with Crippen molar-refractivity contribution in [1.82, 2.24) is 15.0 Å². The summed E-state index contributed by atoms with van der Waals surface area (Å²) in [5, 5.41) is 10.2. The Balaban J connectivity index is 1.81. The van der Waals surface area contributed by atoms with Crippen molar-refractivity contribution in [3.8, 4) is 5.69 Å². The number of halogens is 1. The molecule has 0 amide bonds. The van der Waals surface area contributed by atoms with Crippen molar-refractivity contribution in [1.29, 1.82) is 0 Å². The monoisotopic (exact) mass is 319 g/mol. The van der Waals surface area contributed by atoms with Gasteiger partial charge in [-0.15, -0.1) is 5.10 Å². The summed E-state index contributed by atoms with van der Waals surface area (Å²) in [6.45, 7) is 2.94. The predicted molar refractivity (Wildman–Crippen MR) is 83.1 cm³/mol. The van der Waals surface area contributed by atoms with E-state index in [4.69, 9.17) is 4.74 Å². The Morgan fingerprint density at radius 3 is 2.91 bits per heavy atom. The van der Waals surface area contributed by atoms with E-state index in [0.717, 1.165) is 0 Å². The summed E-state index contributed by atoms with van der Waals surface area (Å²) >= 11 is 4.51. The molecule has 1 aromatic heterocycles. The minimum atomic E-state index is -0.284. The fourth-order valence-corrected chi connectivity index (χ4v) is 2.37. The molecule has 0 bridgehead atoms. The van der Waals surface area contributed by atoms with Crippen LogP contribution in [-0.4, -0.2) is 46.5 Å². The fourth-order valence-electron chi connectivity index (χ4n) is 2.31. The van der Waals surface area contributed by atoms with Crippen LogP contribution in [0.3, 0.4) is 0 Å². The molecule has 1 saturated heterocycles. The number of rotatable bonds is 4. The van der Waals surface area contributed by atoms with Crippen molar-refractivity contribution in [2.45, 2.75) is 6.54 Å². The van der Waals surface area contributed by atoms with Crippen molar-refractivity contribution in [3.05, 3.63) is 35.9 Å². The number of ether oxygens (including phenoxy) is 1. The van der Waals surface area contributed by atoms with E-state index in [1.807, 2.05) is 11.0 Å². The molecule has 0 N–H and O–H groups in total. The lowest BCUT2D eigenvalue weighted by Gasteiger charge is -2.29. The van der Waals surface area contributed by atoms with Crippen molar-refractivity contribution in [2.75, 3.05) is 31.2 Å². The molecule has 22 heavy (non-hydrogen) atoms. The van der Waals surface area contributed by atoms with Crippen LogP contribution in [0.1, 0.15) is 5.69 Å². The molecule has 1 aliphatic heterocycles. The minimum Gasteiger partial charge on any atom is -0.378 e. The number of hydrogen-bond acceptors (Lipinski definition) is 6. The molecule has 8 heteroatoms. The molecule has 6 nitrogen and oxygen atoms in total. The highest BCUT2D eigenvalue weighted by atomic mass is 32.1. The lowest BCUT2D eigenvalue weighted by Crippen LogP contribution is -2.36. The first-order chi connectivity index (χ1) is 10.8. The van der Waals surface area contributed by atoms with E-state index in [9.17, 15) is 4.39 Å². The fraction of sp³-hybridized carbons (Fsp3) is 0.357. The van der Waals surface area contributed by atoms with E-state index in [-0.39, 0.29) is 5.82 Å². The van der Waals surface area contributed by atoms with Gasteiger partial charge in [-0.2, -0.15) is 0 Å². The van der Waals surface area contributed by atoms with Gasteiger partial charge in [-0.1, -0.05) is 5.21 Å². The quantitative estimate of drug-likeness (QED) is 0.636. The third-order valence-electron chi connectivity index (χ3n) is 3.39. The second-order valence-electron chi connectivity index (χ2n) is 4.80. The second kappa shape index (κ2) is 6.74. The maximum absolute atomic E-state index is 14.3. The van der Waals surface area contributed by atoms with Gasteiger partial charge < -0.3 is 9.64 Å². The molecule has 0 aliphatic carbocycles. The van der Waals surface area contributed by atoms with Crippen LogP contribution in [0.15, 0.2) is 29.4 Å². The summed E-state index contributed by atoms with van der Waals surface area (Å²) in [5.74, 6) is -0.284. The standard InChI is InChI=1S/C14H14FN5OS/c15-13-7-12(20-9-11(17-18-20)8-16-10-22)1-2-14(13)19-3-5-21-6-4-19/h1-2,7,9H,3-6,8H2. The molecule has 0 unspecified atom stereocenters. The zero-order valence-electron chi connectivity index (χ0n) is 11.8. The lowest BCUT2D eigenvalue weighted by atomic mass is 10.2. The molecule has 0 spiro atoms. The van der Waals surface area contributed by atoms with Crippen LogP contribution in [0.25, 0.3) is 5.69 Å². The molecule has 1 aliphatic rings. The van der Waals surface area contributed by atoms with Gasteiger partial charge in [-0.25, -0.2) is 14.1 Å². The Morgan fingerprint density at radius 1 is 1.36 bits per heavy atom. The Kier molecular flexibility index (Phi) is 4.53. The number of aromatic nitrogens is 3. The zero-order valence-corrected chi connectivity index (χ0v) is 12.6.